The number of primary amides is 1. The van der Waals surface area contributed by atoms with E-state index >= 15 is 0 Å². The van der Waals surface area contributed by atoms with Gasteiger partial charge in [0.25, 0.3) is 5.91 Å². The van der Waals surface area contributed by atoms with Crippen LogP contribution in [0.3, 0.4) is 0 Å². The first kappa shape index (κ1) is 30.5. The fourth-order valence-corrected chi connectivity index (χ4v) is 3.23. The minimum Gasteiger partial charge on any atom is -0.359 e. The Bertz CT molecular complexity index is 703. The fourth-order valence-electron chi connectivity index (χ4n) is 2.97. The van der Waals surface area contributed by atoms with Crippen LogP contribution >= 0.6 is 12.6 Å². The summed E-state index contributed by atoms with van der Waals surface area (Å²) >= 11 is 4.12. The van der Waals surface area contributed by atoms with Gasteiger partial charge in [0, 0.05) is 12.3 Å². The Morgan fingerprint density at radius 1 is 0.818 bits per heavy atom. The van der Waals surface area contributed by atoms with Gasteiger partial charge in [0.2, 0.25) is 23.5 Å². The number of hydrogen-bond acceptors (Lipinski definition) is 6. The average Bonchev–Trinajstić information content (AvgIpc) is 2.78. The van der Waals surface area contributed by atoms with Gasteiger partial charge < -0.3 is 21.7 Å². The van der Waals surface area contributed by atoms with Crippen LogP contribution in [0.1, 0.15) is 77.6 Å². The van der Waals surface area contributed by atoms with E-state index < -0.39 is 36.1 Å². The number of rotatable bonds is 18. The molecule has 0 aliphatic carbocycles. The highest BCUT2D eigenvalue weighted by Gasteiger charge is 2.20. The van der Waals surface area contributed by atoms with E-state index in [9.17, 15) is 24.0 Å². The molecule has 1 atom stereocenters. The summed E-state index contributed by atoms with van der Waals surface area (Å²) in [4.78, 5) is 58.1. The second kappa shape index (κ2) is 20.1. The zero-order chi connectivity index (χ0) is 24.9. The number of hydrogen-bond donors (Lipinski definition) is 5. The maximum atomic E-state index is 12.3. The van der Waals surface area contributed by atoms with E-state index in [1.54, 1.807) is 0 Å². The van der Waals surface area contributed by atoms with Crippen LogP contribution in [-0.2, 0) is 24.0 Å². The van der Waals surface area contributed by atoms with Gasteiger partial charge >= 0.3 is 0 Å². The van der Waals surface area contributed by atoms with Crippen molar-refractivity contribution < 1.29 is 24.0 Å². The highest BCUT2D eigenvalue weighted by atomic mass is 32.1. The molecule has 0 aliphatic rings. The van der Waals surface area contributed by atoms with Crippen molar-refractivity contribution in [3.63, 3.8) is 0 Å². The van der Waals surface area contributed by atoms with Crippen molar-refractivity contribution in [3.05, 3.63) is 0 Å². The Labute approximate surface area is 202 Å². The van der Waals surface area contributed by atoms with Crippen LogP contribution in [0.2, 0.25) is 0 Å². The summed E-state index contributed by atoms with van der Waals surface area (Å²) < 4.78 is 0. The predicted octanol–water partition coefficient (Wildman–Crippen LogP) is 1.00. The molecule has 33 heavy (non-hydrogen) atoms. The van der Waals surface area contributed by atoms with E-state index in [1.165, 1.54) is 38.5 Å². The summed E-state index contributed by atoms with van der Waals surface area (Å²) in [6.07, 6.45) is 11.0. The van der Waals surface area contributed by atoms with Crippen LogP contribution in [0.15, 0.2) is 0 Å². The maximum Gasteiger partial charge on any atom is 0.293 e. The lowest BCUT2D eigenvalue weighted by Crippen LogP contribution is -2.49. The minimum atomic E-state index is -0.947. The molecule has 0 aromatic rings. The molecular formula is C23H38N4O5S. The summed E-state index contributed by atoms with van der Waals surface area (Å²) in [6.45, 7) is 1.42. The number of nitrogens with one attached hydrogen (secondary N) is 3. The van der Waals surface area contributed by atoms with Gasteiger partial charge in [-0.2, -0.15) is 12.6 Å². The van der Waals surface area contributed by atoms with E-state index in [0.717, 1.165) is 19.3 Å². The molecule has 0 rings (SSSR count). The molecule has 0 unspecified atom stereocenters. The molecule has 5 N–H and O–H groups in total. The first-order valence-corrected chi connectivity index (χ1v) is 12.2. The normalized spacial score (nSPS) is 11.0. The highest BCUT2D eigenvalue weighted by Crippen LogP contribution is 2.10. The van der Waals surface area contributed by atoms with E-state index in [4.69, 9.17) is 5.73 Å². The smallest absolute Gasteiger partial charge is 0.293 e. The SMILES string of the molecule is CCCCCCCCCCCC(=O)N[C@@H](CCS)C(=O)NCC(=O)NCC(=O)C#CC(N)=O. The van der Waals surface area contributed by atoms with E-state index in [0.29, 0.717) is 18.6 Å². The molecule has 0 aromatic carbocycles. The summed E-state index contributed by atoms with van der Waals surface area (Å²) in [5.41, 5.74) is 4.79. The van der Waals surface area contributed by atoms with Gasteiger partial charge in [0.15, 0.2) is 0 Å². The molecular weight excluding hydrogens is 444 g/mol. The molecule has 0 bridgehead atoms. The number of unbranched alkanes of at least 4 members (excludes halogenated alkanes) is 8. The summed E-state index contributed by atoms with van der Waals surface area (Å²) in [7, 11) is 0. The lowest BCUT2D eigenvalue weighted by atomic mass is 10.1. The largest absolute Gasteiger partial charge is 0.359 e. The minimum absolute atomic E-state index is 0.206. The van der Waals surface area contributed by atoms with Crippen LogP contribution in [0, 0.1) is 11.8 Å². The first-order valence-electron chi connectivity index (χ1n) is 11.6. The van der Waals surface area contributed by atoms with Crippen molar-refractivity contribution in [1.82, 2.24) is 16.0 Å². The topological polar surface area (TPSA) is 147 Å². The van der Waals surface area contributed by atoms with Crippen molar-refractivity contribution in [2.24, 2.45) is 5.73 Å². The molecule has 10 heteroatoms. The van der Waals surface area contributed by atoms with Crippen molar-refractivity contribution in [2.75, 3.05) is 18.8 Å². The van der Waals surface area contributed by atoms with Gasteiger partial charge in [-0.25, -0.2) is 0 Å². The third-order valence-electron chi connectivity index (χ3n) is 4.77. The predicted molar refractivity (Wildman–Crippen MR) is 130 cm³/mol. The Balaban J connectivity index is 4.15. The molecule has 0 radical (unpaired) electrons. The zero-order valence-electron chi connectivity index (χ0n) is 19.5. The molecule has 0 saturated heterocycles. The van der Waals surface area contributed by atoms with Gasteiger partial charge in [-0.1, -0.05) is 58.3 Å². The van der Waals surface area contributed by atoms with Crippen molar-refractivity contribution >= 4 is 42.0 Å². The lowest BCUT2D eigenvalue weighted by molar-refractivity contribution is -0.130. The molecule has 0 spiro atoms. The number of carbonyl (C=O) groups is 5. The molecule has 0 aliphatic heterocycles. The first-order chi connectivity index (χ1) is 15.8. The van der Waals surface area contributed by atoms with Gasteiger partial charge in [-0.05, 0) is 24.5 Å². The van der Waals surface area contributed by atoms with Crippen LogP contribution < -0.4 is 21.7 Å². The van der Waals surface area contributed by atoms with Crippen molar-refractivity contribution in [1.29, 1.82) is 0 Å². The Morgan fingerprint density at radius 2 is 1.42 bits per heavy atom. The van der Waals surface area contributed by atoms with Gasteiger partial charge in [0.05, 0.1) is 13.1 Å². The molecule has 9 nitrogen and oxygen atoms in total. The summed E-state index contributed by atoms with van der Waals surface area (Å²) in [6, 6.07) is -0.788. The van der Waals surface area contributed by atoms with E-state index in [-0.39, 0.29) is 12.5 Å². The number of ketones is 1. The molecule has 4 amide bonds. The third-order valence-corrected chi connectivity index (χ3v) is 5.03. The number of nitrogens with two attached hydrogens (primary N) is 1. The lowest BCUT2D eigenvalue weighted by Gasteiger charge is -2.17. The molecule has 0 aromatic heterocycles. The fraction of sp³-hybridized carbons (Fsp3) is 0.696. The Kier molecular flexibility index (Phi) is 18.5. The summed E-state index contributed by atoms with van der Waals surface area (Å²) in [5, 5.41) is 7.40. The van der Waals surface area contributed by atoms with Crippen LogP contribution in [-0.4, -0.2) is 54.3 Å². The van der Waals surface area contributed by atoms with Crippen molar-refractivity contribution in [3.8, 4) is 11.8 Å². The van der Waals surface area contributed by atoms with Gasteiger partial charge in [-0.3, -0.25) is 24.0 Å². The van der Waals surface area contributed by atoms with E-state index in [2.05, 4.69) is 35.5 Å². The second-order valence-corrected chi connectivity index (χ2v) is 8.19. The van der Waals surface area contributed by atoms with Gasteiger partial charge in [0.1, 0.15) is 6.04 Å². The second-order valence-electron chi connectivity index (χ2n) is 7.74. The number of thiol groups is 1. The quantitative estimate of drug-likeness (QED) is 0.0856. The zero-order valence-corrected chi connectivity index (χ0v) is 20.4. The third kappa shape index (κ3) is 18.7. The maximum absolute atomic E-state index is 12.3. The van der Waals surface area contributed by atoms with Crippen LogP contribution in [0.5, 0.6) is 0 Å². The number of carbonyl (C=O) groups excluding carboxylic acids is 5. The number of Topliss-reactive ketones (excluding diaryl/α,β-unsaturated/α-hetero) is 1. The van der Waals surface area contributed by atoms with Crippen LogP contribution in [0.4, 0.5) is 0 Å². The molecule has 0 heterocycles. The molecule has 0 fully saturated rings. The molecule has 0 saturated carbocycles. The number of amides is 4. The standard InChI is InChI=1S/C23H38N4O5S/c1-2-3-4-5-6-7-8-9-10-11-21(30)27-19(14-15-33)23(32)26-17-22(31)25-16-18(28)12-13-20(24)29/h19,33H,2-11,14-17H2,1H3,(H2,24,29)(H,25,31)(H,26,32)(H,27,30)/t19-/m0/s1. The van der Waals surface area contributed by atoms with Crippen LogP contribution in [0.25, 0.3) is 0 Å². The average molecular weight is 483 g/mol. The highest BCUT2D eigenvalue weighted by molar-refractivity contribution is 7.80. The Hall–Kier alpha value is -2.54. The Morgan fingerprint density at radius 3 is 2.00 bits per heavy atom. The van der Waals surface area contributed by atoms with Gasteiger partial charge in [-0.15, -0.1) is 0 Å². The monoisotopic (exact) mass is 482 g/mol. The molecule has 186 valence electrons. The van der Waals surface area contributed by atoms with Crippen molar-refractivity contribution in [2.45, 2.75) is 83.6 Å². The van der Waals surface area contributed by atoms with E-state index in [1.807, 2.05) is 11.8 Å². The summed E-state index contributed by atoms with van der Waals surface area (Å²) in [5.74, 6) is 1.28.